The second-order valence-corrected chi connectivity index (χ2v) is 8.57. The van der Waals surface area contributed by atoms with Crippen molar-refractivity contribution in [1.29, 1.82) is 0 Å². The maximum atomic E-state index is 4.62. The smallest absolute Gasteiger partial charge is 0.0801 e. The lowest BCUT2D eigenvalue weighted by atomic mass is 9.67. The Labute approximate surface area is 143 Å². The minimum atomic E-state index is 0.711. The fraction of sp³-hybridized carbons (Fsp3) is 0.550. The molecule has 2 saturated carbocycles. The lowest BCUT2D eigenvalue weighted by Gasteiger charge is -2.42. The van der Waals surface area contributed by atoms with Crippen molar-refractivity contribution in [3.05, 3.63) is 41.4 Å². The van der Waals surface area contributed by atoms with E-state index in [4.69, 9.17) is 0 Å². The first-order chi connectivity index (χ1) is 11.3. The summed E-state index contributed by atoms with van der Waals surface area (Å²) in [6.07, 6.45) is 9.17. The molecule has 0 saturated heterocycles. The zero-order chi connectivity index (χ0) is 15.6. The molecule has 122 valence electrons. The first-order valence-corrected chi connectivity index (χ1v) is 9.86. The van der Waals surface area contributed by atoms with Crippen LogP contribution < -0.4 is 5.32 Å². The first kappa shape index (κ1) is 15.3. The second kappa shape index (κ2) is 6.74. The minimum absolute atomic E-state index is 0.711. The Bertz CT molecular complexity index is 602. The van der Waals surface area contributed by atoms with Crippen LogP contribution in [-0.4, -0.2) is 11.0 Å². The largest absolute Gasteiger partial charge is 0.310 e. The summed E-state index contributed by atoms with van der Waals surface area (Å²) in [6.45, 7) is 3.39. The third-order valence-electron chi connectivity index (χ3n) is 5.57. The van der Waals surface area contributed by atoms with E-state index in [2.05, 4.69) is 46.9 Å². The van der Waals surface area contributed by atoms with E-state index in [9.17, 15) is 0 Å². The normalized spacial score (nSPS) is 30.3. The second-order valence-electron chi connectivity index (χ2n) is 7.62. The SMILES string of the molecule is CC1CC2CC(C1)CC(NCc1ccc(-c3cccs3)nc1)C2. The number of aromatic nitrogens is 1. The van der Waals surface area contributed by atoms with Gasteiger partial charge in [-0.15, -0.1) is 11.3 Å². The fourth-order valence-corrected chi connectivity index (χ4v) is 5.41. The molecule has 2 aromatic heterocycles. The molecule has 2 fully saturated rings. The molecule has 0 aromatic carbocycles. The highest BCUT2D eigenvalue weighted by atomic mass is 32.1. The third-order valence-corrected chi connectivity index (χ3v) is 6.46. The van der Waals surface area contributed by atoms with E-state index in [1.165, 1.54) is 42.5 Å². The Morgan fingerprint density at radius 2 is 1.91 bits per heavy atom. The molecule has 4 rings (SSSR count). The zero-order valence-corrected chi connectivity index (χ0v) is 14.7. The molecule has 2 aliphatic rings. The number of fused-ring (bicyclic) bond motifs is 2. The van der Waals surface area contributed by atoms with E-state index >= 15 is 0 Å². The summed E-state index contributed by atoms with van der Waals surface area (Å²) in [4.78, 5) is 5.87. The number of hydrogen-bond acceptors (Lipinski definition) is 3. The van der Waals surface area contributed by atoms with E-state index in [1.54, 1.807) is 11.3 Å². The number of pyridine rings is 1. The summed E-state index contributed by atoms with van der Waals surface area (Å²) in [5.74, 6) is 2.89. The molecular formula is C20H26N2S. The summed E-state index contributed by atoms with van der Waals surface area (Å²) < 4.78 is 0. The molecule has 2 nitrogen and oxygen atoms in total. The fourth-order valence-electron chi connectivity index (χ4n) is 4.71. The summed E-state index contributed by atoms with van der Waals surface area (Å²) in [5.41, 5.74) is 2.39. The van der Waals surface area contributed by atoms with Gasteiger partial charge in [-0.1, -0.05) is 19.1 Å². The standard InChI is InChI=1S/C20H26N2S/c1-14-7-16-9-17(8-14)11-18(10-16)21-12-15-4-5-19(22-13-15)20-3-2-6-23-20/h2-6,13-14,16-18,21H,7-12H2,1H3. The van der Waals surface area contributed by atoms with Crippen molar-refractivity contribution in [3.8, 4) is 10.6 Å². The minimum Gasteiger partial charge on any atom is -0.310 e. The van der Waals surface area contributed by atoms with Gasteiger partial charge in [0.15, 0.2) is 0 Å². The quantitative estimate of drug-likeness (QED) is 0.844. The molecule has 0 spiro atoms. The Morgan fingerprint density at radius 3 is 2.57 bits per heavy atom. The highest BCUT2D eigenvalue weighted by Gasteiger charge is 2.34. The van der Waals surface area contributed by atoms with Crippen LogP contribution in [0.4, 0.5) is 0 Å². The molecular weight excluding hydrogens is 300 g/mol. The van der Waals surface area contributed by atoms with Crippen LogP contribution in [-0.2, 0) is 6.54 Å². The summed E-state index contributed by atoms with van der Waals surface area (Å²) in [6, 6.07) is 9.30. The number of nitrogens with one attached hydrogen (secondary N) is 1. The van der Waals surface area contributed by atoms with Crippen LogP contribution in [0, 0.1) is 17.8 Å². The Balaban J connectivity index is 1.33. The van der Waals surface area contributed by atoms with Gasteiger partial charge in [0, 0.05) is 18.8 Å². The van der Waals surface area contributed by atoms with Gasteiger partial charge in [0.2, 0.25) is 0 Å². The number of rotatable bonds is 4. The van der Waals surface area contributed by atoms with Gasteiger partial charge in [0.25, 0.3) is 0 Å². The average Bonchev–Trinajstić information content (AvgIpc) is 3.07. The highest BCUT2D eigenvalue weighted by molar-refractivity contribution is 7.13. The van der Waals surface area contributed by atoms with Crippen LogP contribution in [0.25, 0.3) is 10.6 Å². The first-order valence-electron chi connectivity index (χ1n) is 8.98. The molecule has 2 unspecified atom stereocenters. The van der Waals surface area contributed by atoms with Crippen LogP contribution in [0.2, 0.25) is 0 Å². The maximum Gasteiger partial charge on any atom is 0.0801 e. The average molecular weight is 327 g/mol. The summed E-state index contributed by atoms with van der Waals surface area (Å²) in [5, 5.41) is 5.90. The molecule has 2 bridgehead atoms. The summed E-state index contributed by atoms with van der Waals surface area (Å²) in [7, 11) is 0. The molecule has 0 amide bonds. The van der Waals surface area contributed by atoms with Crippen LogP contribution in [0.15, 0.2) is 35.8 Å². The molecule has 2 heterocycles. The van der Waals surface area contributed by atoms with Gasteiger partial charge >= 0.3 is 0 Å². The molecule has 1 N–H and O–H groups in total. The van der Waals surface area contributed by atoms with E-state index in [1.807, 2.05) is 6.20 Å². The molecule has 2 atom stereocenters. The zero-order valence-electron chi connectivity index (χ0n) is 13.9. The van der Waals surface area contributed by atoms with Crippen LogP contribution in [0.3, 0.4) is 0 Å². The van der Waals surface area contributed by atoms with Gasteiger partial charge in [-0.25, -0.2) is 0 Å². The molecule has 3 heteroatoms. The van der Waals surface area contributed by atoms with Gasteiger partial charge in [0.05, 0.1) is 10.6 Å². The van der Waals surface area contributed by atoms with Crippen molar-refractivity contribution >= 4 is 11.3 Å². The topological polar surface area (TPSA) is 24.9 Å². The Kier molecular flexibility index (Phi) is 4.50. The van der Waals surface area contributed by atoms with Gasteiger partial charge < -0.3 is 5.32 Å². The van der Waals surface area contributed by atoms with Gasteiger partial charge in [-0.2, -0.15) is 0 Å². The molecule has 23 heavy (non-hydrogen) atoms. The van der Waals surface area contributed by atoms with E-state index < -0.39 is 0 Å². The number of thiophene rings is 1. The highest BCUT2D eigenvalue weighted by Crippen LogP contribution is 2.42. The van der Waals surface area contributed by atoms with E-state index in [0.717, 1.165) is 30.0 Å². The van der Waals surface area contributed by atoms with Crippen molar-refractivity contribution in [2.45, 2.75) is 51.6 Å². The summed E-state index contributed by atoms with van der Waals surface area (Å²) >= 11 is 1.75. The Morgan fingerprint density at radius 1 is 1.09 bits per heavy atom. The lowest BCUT2D eigenvalue weighted by Crippen LogP contribution is -2.40. The van der Waals surface area contributed by atoms with Gasteiger partial charge in [0.1, 0.15) is 0 Å². The number of nitrogens with zero attached hydrogens (tertiary/aromatic N) is 1. The van der Waals surface area contributed by atoms with Crippen molar-refractivity contribution < 1.29 is 0 Å². The van der Waals surface area contributed by atoms with Crippen LogP contribution in [0.5, 0.6) is 0 Å². The van der Waals surface area contributed by atoms with Crippen molar-refractivity contribution in [3.63, 3.8) is 0 Å². The Hall–Kier alpha value is -1.19. The maximum absolute atomic E-state index is 4.62. The molecule has 0 aliphatic heterocycles. The monoisotopic (exact) mass is 326 g/mol. The molecule has 0 radical (unpaired) electrons. The van der Waals surface area contributed by atoms with Gasteiger partial charge in [-0.05, 0) is 72.9 Å². The van der Waals surface area contributed by atoms with Crippen molar-refractivity contribution in [2.75, 3.05) is 0 Å². The van der Waals surface area contributed by atoms with Crippen molar-refractivity contribution in [1.82, 2.24) is 10.3 Å². The van der Waals surface area contributed by atoms with Crippen molar-refractivity contribution in [2.24, 2.45) is 17.8 Å². The van der Waals surface area contributed by atoms with E-state index in [-0.39, 0.29) is 0 Å². The molecule has 2 aliphatic carbocycles. The van der Waals surface area contributed by atoms with Gasteiger partial charge in [-0.3, -0.25) is 4.98 Å². The predicted octanol–water partition coefficient (Wildman–Crippen LogP) is 5.11. The lowest BCUT2D eigenvalue weighted by molar-refractivity contribution is 0.118. The third kappa shape index (κ3) is 3.67. The number of hydrogen-bond donors (Lipinski definition) is 1. The molecule has 2 aromatic rings. The van der Waals surface area contributed by atoms with E-state index in [0.29, 0.717) is 6.04 Å². The van der Waals surface area contributed by atoms with Crippen LogP contribution >= 0.6 is 11.3 Å². The predicted molar refractivity (Wildman–Crippen MR) is 97.4 cm³/mol. The van der Waals surface area contributed by atoms with Crippen LogP contribution in [0.1, 0.15) is 44.6 Å².